The molecule has 1 atom stereocenters. The molecule has 5 nitrogen and oxygen atoms in total. The molecule has 25 heavy (non-hydrogen) atoms. The smallest absolute Gasteiger partial charge is 0.337 e. The maximum absolute atomic E-state index is 12.5. The maximum Gasteiger partial charge on any atom is 0.337 e. The van der Waals surface area contributed by atoms with E-state index < -0.39 is 0 Å². The quantitative estimate of drug-likeness (QED) is 0.835. The number of amides is 1. The summed E-state index contributed by atoms with van der Waals surface area (Å²) in [5.41, 5.74) is 2.80. The van der Waals surface area contributed by atoms with Crippen LogP contribution in [-0.2, 0) is 29.0 Å². The predicted octanol–water partition coefficient (Wildman–Crippen LogP) is 2.60. The number of nitrogens with zero attached hydrogens (tertiary/aromatic N) is 1. The zero-order valence-corrected chi connectivity index (χ0v) is 15.3. The fourth-order valence-electron chi connectivity index (χ4n) is 2.98. The van der Waals surface area contributed by atoms with Gasteiger partial charge < -0.3 is 10.1 Å². The number of thiophene rings is 1. The third-order valence-electron chi connectivity index (χ3n) is 4.61. The van der Waals surface area contributed by atoms with Crippen LogP contribution in [-0.4, -0.2) is 36.5 Å². The van der Waals surface area contributed by atoms with E-state index in [0.717, 1.165) is 25.1 Å². The molecular formula is C19H22N2O3S. The van der Waals surface area contributed by atoms with E-state index in [4.69, 9.17) is 0 Å². The maximum atomic E-state index is 12.5. The van der Waals surface area contributed by atoms with Crippen LogP contribution in [0.25, 0.3) is 0 Å². The van der Waals surface area contributed by atoms with Crippen LogP contribution in [0.2, 0.25) is 0 Å². The van der Waals surface area contributed by atoms with E-state index in [1.54, 1.807) is 23.5 Å². The van der Waals surface area contributed by atoms with Crippen LogP contribution >= 0.6 is 11.3 Å². The summed E-state index contributed by atoms with van der Waals surface area (Å²) in [6, 6.07) is 9.06. The number of esters is 1. The van der Waals surface area contributed by atoms with Gasteiger partial charge in [0.25, 0.3) is 0 Å². The molecule has 6 heteroatoms. The Hall–Kier alpha value is -2.18. The summed E-state index contributed by atoms with van der Waals surface area (Å²) in [5.74, 6) is -0.335. The summed E-state index contributed by atoms with van der Waals surface area (Å²) < 4.78 is 4.68. The molecule has 1 unspecified atom stereocenters. The lowest BCUT2D eigenvalue weighted by Crippen LogP contribution is -2.46. The monoisotopic (exact) mass is 358 g/mol. The number of nitrogens with one attached hydrogen (secondary N) is 1. The highest BCUT2D eigenvalue weighted by Gasteiger charge is 2.25. The molecule has 2 aromatic rings. The number of methoxy groups -OCH3 is 1. The second-order valence-corrected chi connectivity index (χ2v) is 7.17. The lowest BCUT2D eigenvalue weighted by atomic mass is 10.1. The van der Waals surface area contributed by atoms with E-state index in [2.05, 4.69) is 26.4 Å². The minimum absolute atomic E-state index is 0.0238. The molecule has 1 aromatic carbocycles. The molecule has 1 amide bonds. The van der Waals surface area contributed by atoms with Gasteiger partial charge in [0.1, 0.15) is 0 Å². The highest BCUT2D eigenvalue weighted by molar-refractivity contribution is 7.10. The molecule has 0 radical (unpaired) electrons. The van der Waals surface area contributed by atoms with Gasteiger partial charge in [-0.15, -0.1) is 11.3 Å². The Labute approximate surface area is 151 Å². The van der Waals surface area contributed by atoms with E-state index in [1.165, 1.54) is 17.6 Å². The van der Waals surface area contributed by atoms with Crippen LogP contribution in [0.5, 0.6) is 0 Å². The van der Waals surface area contributed by atoms with Crippen molar-refractivity contribution in [2.75, 3.05) is 13.7 Å². The van der Waals surface area contributed by atoms with Gasteiger partial charge in [0, 0.05) is 24.5 Å². The van der Waals surface area contributed by atoms with Crippen molar-refractivity contribution in [1.29, 1.82) is 0 Å². The summed E-state index contributed by atoms with van der Waals surface area (Å²) in [4.78, 5) is 27.5. The Bertz CT molecular complexity index is 754. The molecule has 0 aliphatic carbocycles. The van der Waals surface area contributed by atoms with Crippen LogP contribution in [0.1, 0.15) is 33.3 Å². The standard InChI is InChI=1S/C19H22N2O3S/c1-13(21-9-7-17-16(12-21)8-10-25-17)18(22)20-11-14-3-5-15(6-4-14)19(23)24-2/h3-6,8,10,13H,7,9,11-12H2,1-2H3,(H,20,22). The lowest BCUT2D eigenvalue weighted by molar-refractivity contribution is -0.126. The number of carbonyl (C=O) groups is 2. The number of hydrogen-bond donors (Lipinski definition) is 1. The first-order chi connectivity index (χ1) is 12.1. The Kier molecular flexibility index (Phi) is 5.50. The zero-order valence-electron chi connectivity index (χ0n) is 14.5. The molecule has 3 rings (SSSR count). The summed E-state index contributed by atoms with van der Waals surface area (Å²) in [6.07, 6.45) is 1.01. The Morgan fingerprint density at radius 2 is 2.04 bits per heavy atom. The van der Waals surface area contributed by atoms with Gasteiger partial charge in [0.05, 0.1) is 18.7 Å². The van der Waals surface area contributed by atoms with Gasteiger partial charge in [-0.1, -0.05) is 12.1 Å². The molecule has 0 saturated carbocycles. The summed E-state index contributed by atoms with van der Waals surface area (Å²) in [5, 5.41) is 5.10. The lowest BCUT2D eigenvalue weighted by Gasteiger charge is -2.31. The second-order valence-electron chi connectivity index (χ2n) is 6.17. The van der Waals surface area contributed by atoms with Crippen molar-refractivity contribution >= 4 is 23.2 Å². The van der Waals surface area contributed by atoms with Crippen molar-refractivity contribution in [1.82, 2.24) is 10.2 Å². The van der Waals surface area contributed by atoms with E-state index in [0.29, 0.717) is 12.1 Å². The van der Waals surface area contributed by atoms with E-state index in [-0.39, 0.29) is 17.9 Å². The zero-order chi connectivity index (χ0) is 17.8. The predicted molar refractivity (Wildman–Crippen MR) is 97.5 cm³/mol. The molecular weight excluding hydrogens is 336 g/mol. The van der Waals surface area contributed by atoms with Crippen molar-refractivity contribution < 1.29 is 14.3 Å². The van der Waals surface area contributed by atoms with Crippen LogP contribution in [0, 0.1) is 0 Å². The van der Waals surface area contributed by atoms with E-state index in [1.807, 2.05) is 19.1 Å². The third kappa shape index (κ3) is 4.08. The number of carbonyl (C=O) groups excluding carboxylic acids is 2. The first-order valence-corrected chi connectivity index (χ1v) is 9.20. The molecule has 0 spiro atoms. The summed E-state index contributed by atoms with van der Waals surface area (Å²) in [6.45, 7) is 4.15. The minimum Gasteiger partial charge on any atom is -0.465 e. The Morgan fingerprint density at radius 3 is 2.76 bits per heavy atom. The molecule has 1 N–H and O–H groups in total. The molecule has 0 saturated heterocycles. The van der Waals surface area contributed by atoms with Gasteiger partial charge in [-0.05, 0) is 48.1 Å². The van der Waals surface area contributed by atoms with Gasteiger partial charge >= 0.3 is 5.97 Å². The molecule has 1 aromatic heterocycles. The molecule has 2 heterocycles. The van der Waals surface area contributed by atoms with Gasteiger partial charge in [-0.3, -0.25) is 9.69 Å². The average Bonchev–Trinajstić information content (AvgIpc) is 3.13. The van der Waals surface area contributed by atoms with E-state index >= 15 is 0 Å². The summed E-state index contributed by atoms with van der Waals surface area (Å²) >= 11 is 1.80. The van der Waals surface area contributed by atoms with Crippen LogP contribution in [0.15, 0.2) is 35.7 Å². The first kappa shape index (κ1) is 17.6. The van der Waals surface area contributed by atoms with Crippen LogP contribution in [0.3, 0.4) is 0 Å². The largest absolute Gasteiger partial charge is 0.465 e. The van der Waals surface area contributed by atoms with Crippen molar-refractivity contribution in [3.8, 4) is 0 Å². The minimum atomic E-state index is -0.359. The summed E-state index contributed by atoms with van der Waals surface area (Å²) in [7, 11) is 1.36. The van der Waals surface area contributed by atoms with Crippen LogP contribution in [0.4, 0.5) is 0 Å². The topological polar surface area (TPSA) is 58.6 Å². The van der Waals surface area contributed by atoms with Crippen molar-refractivity contribution in [2.45, 2.75) is 32.5 Å². The van der Waals surface area contributed by atoms with Crippen molar-refractivity contribution in [2.24, 2.45) is 0 Å². The van der Waals surface area contributed by atoms with Crippen LogP contribution < -0.4 is 5.32 Å². The first-order valence-electron chi connectivity index (χ1n) is 8.32. The molecule has 0 fully saturated rings. The fraction of sp³-hybridized carbons (Fsp3) is 0.368. The normalized spacial score (nSPS) is 15.3. The van der Waals surface area contributed by atoms with Gasteiger partial charge in [0.15, 0.2) is 0 Å². The number of ether oxygens (including phenoxy) is 1. The second kappa shape index (κ2) is 7.80. The third-order valence-corrected chi connectivity index (χ3v) is 5.63. The molecule has 1 aliphatic heterocycles. The number of fused-ring (bicyclic) bond motifs is 1. The average molecular weight is 358 g/mol. The fourth-order valence-corrected chi connectivity index (χ4v) is 3.87. The van der Waals surface area contributed by atoms with Gasteiger partial charge in [-0.2, -0.15) is 0 Å². The SMILES string of the molecule is COC(=O)c1ccc(CNC(=O)C(C)N2CCc3sccc3C2)cc1. The molecule has 0 bridgehead atoms. The van der Waals surface area contributed by atoms with Crippen molar-refractivity contribution in [3.05, 3.63) is 57.3 Å². The van der Waals surface area contributed by atoms with Gasteiger partial charge in [-0.25, -0.2) is 4.79 Å². The Balaban J connectivity index is 1.53. The number of hydrogen-bond acceptors (Lipinski definition) is 5. The molecule has 132 valence electrons. The number of benzene rings is 1. The highest BCUT2D eigenvalue weighted by Crippen LogP contribution is 2.25. The van der Waals surface area contributed by atoms with Crippen molar-refractivity contribution in [3.63, 3.8) is 0 Å². The number of rotatable bonds is 5. The molecule has 1 aliphatic rings. The highest BCUT2D eigenvalue weighted by atomic mass is 32.1. The van der Waals surface area contributed by atoms with E-state index in [9.17, 15) is 9.59 Å². The van der Waals surface area contributed by atoms with Gasteiger partial charge in [0.2, 0.25) is 5.91 Å². The Morgan fingerprint density at radius 1 is 1.28 bits per heavy atom.